The van der Waals surface area contributed by atoms with Gasteiger partial charge in [0.25, 0.3) is 0 Å². The van der Waals surface area contributed by atoms with Crippen LogP contribution >= 0.6 is 15.9 Å². The summed E-state index contributed by atoms with van der Waals surface area (Å²) in [4.78, 5) is 4.25. The fraction of sp³-hybridized carbons (Fsp3) is 0.643. The van der Waals surface area contributed by atoms with Crippen LogP contribution in [-0.2, 0) is 9.31 Å². The maximum atomic E-state index is 6.10. The summed E-state index contributed by atoms with van der Waals surface area (Å²) < 4.78 is 18.9. The molecule has 1 saturated carbocycles. The Bertz CT molecular complexity index is 515. The van der Waals surface area contributed by atoms with E-state index in [1.54, 1.807) is 6.20 Å². The zero-order valence-corrected chi connectivity index (χ0v) is 13.9. The fourth-order valence-electron chi connectivity index (χ4n) is 2.05. The number of rotatable bonds is 3. The van der Waals surface area contributed by atoms with Gasteiger partial charge in [0.05, 0.1) is 23.5 Å². The van der Waals surface area contributed by atoms with E-state index in [0.717, 1.165) is 28.7 Å². The zero-order valence-electron chi connectivity index (χ0n) is 12.3. The number of aromatic nitrogens is 1. The van der Waals surface area contributed by atoms with Crippen molar-refractivity contribution in [1.82, 2.24) is 4.98 Å². The Morgan fingerprint density at radius 3 is 2.40 bits per heavy atom. The molecule has 0 unspecified atom stereocenters. The third kappa shape index (κ3) is 2.61. The molecule has 0 N–H and O–H groups in total. The van der Waals surface area contributed by atoms with Gasteiger partial charge in [-0.2, -0.15) is 0 Å². The molecule has 0 radical (unpaired) electrons. The number of ether oxygens (including phenoxy) is 1. The van der Waals surface area contributed by atoms with Crippen molar-refractivity contribution in [2.75, 3.05) is 0 Å². The normalized spacial score (nSPS) is 23.9. The summed E-state index contributed by atoms with van der Waals surface area (Å²) in [7, 11) is -0.423. The molecule has 0 bridgehead atoms. The molecule has 2 fully saturated rings. The largest absolute Gasteiger partial charge is 0.498 e. The van der Waals surface area contributed by atoms with E-state index in [9.17, 15) is 0 Å². The van der Waals surface area contributed by atoms with Crippen molar-refractivity contribution in [1.29, 1.82) is 0 Å². The van der Waals surface area contributed by atoms with Crippen LogP contribution in [0.1, 0.15) is 40.5 Å². The molecule has 1 aliphatic heterocycles. The van der Waals surface area contributed by atoms with Gasteiger partial charge in [0.15, 0.2) is 0 Å². The molecule has 0 aromatic carbocycles. The lowest BCUT2D eigenvalue weighted by Gasteiger charge is -2.32. The molecule has 4 nitrogen and oxygen atoms in total. The highest BCUT2D eigenvalue weighted by Gasteiger charge is 2.52. The molecule has 1 saturated heterocycles. The van der Waals surface area contributed by atoms with Crippen molar-refractivity contribution in [3.8, 4) is 5.75 Å². The van der Waals surface area contributed by atoms with Crippen molar-refractivity contribution < 1.29 is 14.0 Å². The highest BCUT2D eigenvalue weighted by atomic mass is 79.9. The Morgan fingerprint density at radius 2 is 1.85 bits per heavy atom. The molecular formula is C14H19BBrNO3. The van der Waals surface area contributed by atoms with Crippen molar-refractivity contribution >= 4 is 28.5 Å². The van der Waals surface area contributed by atoms with E-state index in [2.05, 4.69) is 20.9 Å². The predicted octanol–water partition coefficient (Wildman–Crippen LogP) is 2.68. The maximum absolute atomic E-state index is 6.10. The third-order valence-corrected chi connectivity index (χ3v) is 4.62. The Morgan fingerprint density at radius 1 is 1.25 bits per heavy atom. The van der Waals surface area contributed by atoms with Crippen LogP contribution in [-0.4, -0.2) is 29.4 Å². The number of nitrogens with zero attached hydrogens (tertiary/aromatic N) is 1. The number of hydrogen-bond acceptors (Lipinski definition) is 4. The van der Waals surface area contributed by atoms with Crippen LogP contribution in [0.25, 0.3) is 0 Å². The molecule has 1 aromatic rings. The number of hydrogen-bond donors (Lipinski definition) is 0. The van der Waals surface area contributed by atoms with Gasteiger partial charge in [-0.1, -0.05) is 0 Å². The van der Waals surface area contributed by atoms with Gasteiger partial charge in [-0.25, -0.2) is 4.98 Å². The summed E-state index contributed by atoms with van der Waals surface area (Å²) in [6.45, 7) is 8.19. The Hall–Kier alpha value is -0.585. The van der Waals surface area contributed by atoms with Gasteiger partial charge in [0.1, 0.15) is 10.4 Å². The van der Waals surface area contributed by atoms with Gasteiger partial charge in [-0.15, -0.1) is 0 Å². The van der Waals surface area contributed by atoms with Crippen molar-refractivity contribution in [2.24, 2.45) is 0 Å². The van der Waals surface area contributed by atoms with Gasteiger partial charge >= 0.3 is 7.12 Å². The van der Waals surface area contributed by atoms with Crippen molar-refractivity contribution in [2.45, 2.75) is 57.8 Å². The minimum absolute atomic E-state index is 0.319. The summed E-state index contributed by atoms with van der Waals surface area (Å²) in [5.41, 5.74) is 0.187. The Kier molecular flexibility index (Phi) is 3.38. The van der Waals surface area contributed by atoms with E-state index in [1.165, 1.54) is 0 Å². The minimum atomic E-state index is -0.423. The van der Waals surface area contributed by atoms with Gasteiger partial charge in [0.2, 0.25) is 0 Å². The lowest BCUT2D eigenvalue weighted by molar-refractivity contribution is 0.00578. The quantitative estimate of drug-likeness (QED) is 0.627. The van der Waals surface area contributed by atoms with Gasteiger partial charge < -0.3 is 14.0 Å². The second kappa shape index (κ2) is 4.72. The van der Waals surface area contributed by atoms with Gasteiger partial charge in [0, 0.05) is 5.46 Å². The SMILES string of the molecule is CC1(C)OB(c2cc(Br)ncc2OC2CC2)OC1(C)C. The van der Waals surface area contributed by atoms with Gasteiger partial charge in [-0.3, -0.25) is 0 Å². The molecular weight excluding hydrogens is 321 g/mol. The topological polar surface area (TPSA) is 40.6 Å². The van der Waals surface area contributed by atoms with Crippen LogP contribution in [0.15, 0.2) is 16.9 Å². The number of halogens is 1. The van der Waals surface area contributed by atoms with Crippen LogP contribution in [0.4, 0.5) is 0 Å². The van der Waals surface area contributed by atoms with Gasteiger partial charge in [-0.05, 0) is 62.5 Å². The molecule has 0 atom stereocenters. The monoisotopic (exact) mass is 339 g/mol. The van der Waals surface area contributed by atoms with E-state index in [0.29, 0.717) is 6.10 Å². The zero-order chi connectivity index (χ0) is 14.5. The molecule has 2 aliphatic rings. The smallest absolute Gasteiger partial charge is 0.489 e. The van der Waals surface area contributed by atoms with Crippen LogP contribution in [0.3, 0.4) is 0 Å². The minimum Gasteiger partial charge on any atom is -0.489 e. The second-order valence-electron chi connectivity index (χ2n) is 6.45. The first-order valence-corrected chi connectivity index (χ1v) is 7.75. The molecule has 3 rings (SSSR count). The first kappa shape index (κ1) is 14.4. The lowest BCUT2D eigenvalue weighted by atomic mass is 9.79. The molecule has 2 heterocycles. The van der Waals surface area contributed by atoms with E-state index < -0.39 is 7.12 Å². The van der Waals surface area contributed by atoms with E-state index in [1.807, 2.05) is 33.8 Å². The van der Waals surface area contributed by atoms with E-state index in [-0.39, 0.29) is 11.2 Å². The van der Waals surface area contributed by atoms with Crippen LogP contribution in [0.2, 0.25) is 0 Å². The first-order valence-electron chi connectivity index (χ1n) is 6.96. The number of pyridine rings is 1. The lowest BCUT2D eigenvalue weighted by Crippen LogP contribution is -2.41. The fourth-order valence-corrected chi connectivity index (χ4v) is 2.40. The maximum Gasteiger partial charge on any atom is 0.498 e. The summed E-state index contributed by atoms with van der Waals surface area (Å²) in [5, 5.41) is 0. The average Bonchev–Trinajstić information content (AvgIpc) is 3.10. The highest BCUT2D eigenvalue weighted by molar-refractivity contribution is 9.10. The Balaban J connectivity index is 1.91. The van der Waals surface area contributed by atoms with Crippen LogP contribution in [0, 0.1) is 0 Å². The molecule has 108 valence electrons. The van der Waals surface area contributed by atoms with Crippen LogP contribution < -0.4 is 10.2 Å². The summed E-state index contributed by atoms with van der Waals surface area (Å²) in [6.07, 6.45) is 4.28. The van der Waals surface area contributed by atoms with Crippen LogP contribution in [0.5, 0.6) is 5.75 Å². The molecule has 1 aromatic heterocycles. The van der Waals surface area contributed by atoms with E-state index in [4.69, 9.17) is 14.0 Å². The summed E-state index contributed by atoms with van der Waals surface area (Å²) in [6, 6.07) is 1.92. The molecule has 0 amide bonds. The molecule has 1 aliphatic carbocycles. The van der Waals surface area contributed by atoms with Crippen molar-refractivity contribution in [3.05, 3.63) is 16.9 Å². The third-order valence-electron chi connectivity index (χ3n) is 4.19. The molecule has 6 heteroatoms. The highest BCUT2D eigenvalue weighted by Crippen LogP contribution is 2.37. The average molecular weight is 340 g/mol. The summed E-state index contributed by atoms with van der Waals surface area (Å²) >= 11 is 3.40. The van der Waals surface area contributed by atoms with Crippen molar-refractivity contribution in [3.63, 3.8) is 0 Å². The second-order valence-corrected chi connectivity index (χ2v) is 7.26. The standard InChI is InChI=1S/C14H19BBrNO3/c1-13(2)14(3,4)20-15(19-13)10-7-12(16)17-8-11(10)18-9-5-6-9/h7-9H,5-6H2,1-4H3. The molecule has 0 spiro atoms. The first-order chi connectivity index (χ1) is 9.28. The van der Waals surface area contributed by atoms with E-state index >= 15 is 0 Å². The Labute approximate surface area is 128 Å². The molecule has 20 heavy (non-hydrogen) atoms. The summed E-state index contributed by atoms with van der Waals surface area (Å²) in [5.74, 6) is 0.759. The predicted molar refractivity (Wildman–Crippen MR) is 81.3 cm³/mol.